The maximum atomic E-state index is 11.7. The van der Waals surface area contributed by atoms with E-state index in [1.807, 2.05) is 24.8 Å². The van der Waals surface area contributed by atoms with E-state index in [1.165, 1.54) is 25.7 Å². The molecule has 0 aromatic carbocycles. The Morgan fingerprint density at radius 2 is 1.82 bits per heavy atom. The smallest absolute Gasteiger partial charge is 0.226 e. The van der Waals surface area contributed by atoms with Gasteiger partial charge in [0, 0.05) is 19.5 Å². The minimum atomic E-state index is 0.243. The van der Waals surface area contributed by atoms with Crippen molar-refractivity contribution in [1.29, 1.82) is 0 Å². The second-order valence-electron chi connectivity index (χ2n) is 4.67. The van der Waals surface area contributed by atoms with E-state index < -0.39 is 0 Å². The molecule has 0 aliphatic heterocycles. The van der Waals surface area contributed by atoms with E-state index in [1.54, 1.807) is 0 Å². The summed E-state index contributed by atoms with van der Waals surface area (Å²) in [5, 5.41) is 0. The van der Waals surface area contributed by atoms with Gasteiger partial charge in [0.2, 0.25) is 5.91 Å². The predicted molar refractivity (Wildman–Crippen MR) is 75.0 cm³/mol. The molecule has 0 saturated carbocycles. The van der Waals surface area contributed by atoms with Gasteiger partial charge in [0.25, 0.3) is 0 Å². The maximum Gasteiger partial charge on any atom is 0.226 e. The van der Waals surface area contributed by atoms with Crippen LogP contribution in [0.25, 0.3) is 0 Å². The predicted octanol–water partition coefficient (Wildman–Crippen LogP) is 4.02. The Hall–Kier alpha value is -0.790. The second-order valence-corrected chi connectivity index (χ2v) is 4.67. The van der Waals surface area contributed by atoms with Crippen molar-refractivity contribution in [2.24, 2.45) is 5.92 Å². The molecule has 100 valence electrons. The summed E-state index contributed by atoms with van der Waals surface area (Å²) in [6, 6.07) is 0. The lowest BCUT2D eigenvalue weighted by Crippen LogP contribution is -2.29. The van der Waals surface area contributed by atoms with Crippen LogP contribution in [0.5, 0.6) is 0 Å². The van der Waals surface area contributed by atoms with Gasteiger partial charge in [-0.2, -0.15) is 0 Å². The molecule has 0 aliphatic rings. The molecule has 0 N–H and O–H groups in total. The Labute approximate surface area is 107 Å². The van der Waals surface area contributed by atoms with E-state index in [9.17, 15) is 4.79 Å². The summed E-state index contributed by atoms with van der Waals surface area (Å²) in [4.78, 5) is 13.6. The molecule has 2 heteroatoms. The quantitative estimate of drug-likeness (QED) is 0.439. The Kier molecular flexibility index (Phi) is 9.89. The van der Waals surface area contributed by atoms with E-state index in [0.717, 1.165) is 13.1 Å². The van der Waals surface area contributed by atoms with Crippen LogP contribution in [0.2, 0.25) is 0 Å². The molecule has 0 bridgehead atoms. The lowest BCUT2D eigenvalue weighted by Gasteiger charge is -2.17. The number of hydrogen-bond acceptors (Lipinski definition) is 1. The van der Waals surface area contributed by atoms with Crippen molar-refractivity contribution in [2.45, 2.75) is 59.8 Å². The zero-order valence-corrected chi connectivity index (χ0v) is 12.0. The molecule has 0 rings (SSSR count). The molecule has 1 amide bonds. The van der Waals surface area contributed by atoms with Gasteiger partial charge in [0.1, 0.15) is 0 Å². The SMILES string of the molecule is CCCCCC(C)C=CCC(=O)N(CC)CC. The lowest BCUT2D eigenvalue weighted by molar-refractivity contribution is -0.129. The van der Waals surface area contributed by atoms with Gasteiger partial charge in [-0.05, 0) is 26.2 Å². The number of carbonyl (C=O) groups excluding carboxylic acids is 1. The summed E-state index contributed by atoms with van der Waals surface area (Å²) >= 11 is 0. The fourth-order valence-electron chi connectivity index (χ4n) is 1.92. The summed E-state index contributed by atoms with van der Waals surface area (Å²) in [5.74, 6) is 0.845. The minimum absolute atomic E-state index is 0.243. The largest absolute Gasteiger partial charge is 0.343 e. The van der Waals surface area contributed by atoms with E-state index >= 15 is 0 Å². The highest BCUT2D eigenvalue weighted by Crippen LogP contribution is 2.10. The molecule has 17 heavy (non-hydrogen) atoms. The number of carbonyl (C=O) groups is 1. The maximum absolute atomic E-state index is 11.7. The number of amides is 1. The standard InChI is InChI=1S/C15H29NO/c1-5-8-9-11-14(4)12-10-13-15(17)16(6-2)7-3/h10,12,14H,5-9,11,13H2,1-4H3. The van der Waals surface area contributed by atoms with Crippen LogP contribution in [0.15, 0.2) is 12.2 Å². The second kappa shape index (κ2) is 10.4. The van der Waals surface area contributed by atoms with Gasteiger partial charge in [-0.15, -0.1) is 0 Å². The number of nitrogens with zero attached hydrogens (tertiary/aromatic N) is 1. The first-order chi connectivity index (χ1) is 8.15. The van der Waals surface area contributed by atoms with Crippen LogP contribution in [-0.2, 0) is 4.79 Å². The van der Waals surface area contributed by atoms with Crippen molar-refractivity contribution >= 4 is 5.91 Å². The normalized spacial score (nSPS) is 12.9. The van der Waals surface area contributed by atoms with Crippen molar-refractivity contribution in [3.05, 3.63) is 12.2 Å². The molecule has 0 saturated heterocycles. The van der Waals surface area contributed by atoms with Crippen LogP contribution < -0.4 is 0 Å². The van der Waals surface area contributed by atoms with E-state index in [2.05, 4.69) is 19.9 Å². The average molecular weight is 239 g/mol. The third-order valence-corrected chi connectivity index (χ3v) is 3.14. The van der Waals surface area contributed by atoms with Crippen molar-refractivity contribution in [3.63, 3.8) is 0 Å². The van der Waals surface area contributed by atoms with Crippen molar-refractivity contribution in [3.8, 4) is 0 Å². The van der Waals surface area contributed by atoms with Crippen LogP contribution in [-0.4, -0.2) is 23.9 Å². The first kappa shape index (κ1) is 16.2. The zero-order chi connectivity index (χ0) is 13.1. The molecular weight excluding hydrogens is 210 g/mol. The number of hydrogen-bond donors (Lipinski definition) is 0. The van der Waals surface area contributed by atoms with Crippen LogP contribution in [0.4, 0.5) is 0 Å². The van der Waals surface area contributed by atoms with Crippen molar-refractivity contribution < 1.29 is 4.79 Å². The van der Waals surface area contributed by atoms with Gasteiger partial charge >= 0.3 is 0 Å². The Balaban J connectivity index is 3.81. The van der Waals surface area contributed by atoms with Gasteiger partial charge in [-0.1, -0.05) is 45.3 Å². The topological polar surface area (TPSA) is 20.3 Å². The molecular formula is C15H29NO. The number of unbranched alkanes of at least 4 members (excludes halogenated alkanes) is 2. The molecule has 0 radical (unpaired) electrons. The van der Waals surface area contributed by atoms with Gasteiger partial charge < -0.3 is 4.90 Å². The van der Waals surface area contributed by atoms with E-state index in [-0.39, 0.29) is 5.91 Å². The minimum Gasteiger partial charge on any atom is -0.343 e. The molecule has 1 atom stereocenters. The third kappa shape index (κ3) is 8.00. The molecule has 2 nitrogen and oxygen atoms in total. The lowest BCUT2D eigenvalue weighted by atomic mass is 10.0. The first-order valence-corrected chi connectivity index (χ1v) is 7.10. The molecule has 1 unspecified atom stereocenters. The number of allylic oxidation sites excluding steroid dienone is 1. The Morgan fingerprint density at radius 3 is 2.35 bits per heavy atom. The van der Waals surface area contributed by atoms with Crippen LogP contribution >= 0.6 is 0 Å². The summed E-state index contributed by atoms with van der Waals surface area (Å²) in [5.41, 5.74) is 0. The highest BCUT2D eigenvalue weighted by molar-refractivity contribution is 5.77. The zero-order valence-electron chi connectivity index (χ0n) is 12.0. The molecule has 0 spiro atoms. The first-order valence-electron chi connectivity index (χ1n) is 7.10. The molecule has 0 aliphatic carbocycles. The fraction of sp³-hybridized carbons (Fsp3) is 0.800. The molecule has 0 aromatic rings. The Bertz CT molecular complexity index is 219. The summed E-state index contributed by atoms with van der Waals surface area (Å²) < 4.78 is 0. The average Bonchev–Trinajstić information content (AvgIpc) is 2.31. The van der Waals surface area contributed by atoms with Gasteiger partial charge in [0.05, 0.1) is 0 Å². The molecule has 0 fully saturated rings. The summed E-state index contributed by atoms with van der Waals surface area (Å²) in [6.45, 7) is 10.1. The summed E-state index contributed by atoms with van der Waals surface area (Å²) in [6.07, 6.45) is 9.91. The van der Waals surface area contributed by atoms with Crippen LogP contribution in [0.3, 0.4) is 0 Å². The van der Waals surface area contributed by atoms with Gasteiger partial charge in [0.15, 0.2) is 0 Å². The fourth-order valence-corrected chi connectivity index (χ4v) is 1.92. The van der Waals surface area contributed by atoms with Crippen LogP contribution in [0, 0.1) is 5.92 Å². The highest BCUT2D eigenvalue weighted by Gasteiger charge is 2.06. The van der Waals surface area contributed by atoms with E-state index in [0.29, 0.717) is 12.3 Å². The van der Waals surface area contributed by atoms with Crippen molar-refractivity contribution in [1.82, 2.24) is 4.90 Å². The number of rotatable bonds is 9. The highest BCUT2D eigenvalue weighted by atomic mass is 16.2. The monoisotopic (exact) mass is 239 g/mol. The third-order valence-electron chi connectivity index (χ3n) is 3.14. The Morgan fingerprint density at radius 1 is 1.18 bits per heavy atom. The van der Waals surface area contributed by atoms with Crippen LogP contribution in [0.1, 0.15) is 59.8 Å². The molecule has 0 aromatic heterocycles. The van der Waals surface area contributed by atoms with E-state index in [4.69, 9.17) is 0 Å². The van der Waals surface area contributed by atoms with Gasteiger partial charge in [-0.25, -0.2) is 0 Å². The van der Waals surface area contributed by atoms with Gasteiger partial charge in [-0.3, -0.25) is 4.79 Å². The molecule has 0 heterocycles. The van der Waals surface area contributed by atoms with Crippen molar-refractivity contribution in [2.75, 3.05) is 13.1 Å². The summed E-state index contributed by atoms with van der Waals surface area (Å²) in [7, 11) is 0.